The summed E-state index contributed by atoms with van der Waals surface area (Å²) in [4.78, 5) is 51.3. The molecule has 3 heterocycles. The Morgan fingerprint density at radius 2 is 1.74 bits per heavy atom. The van der Waals surface area contributed by atoms with Crippen molar-refractivity contribution in [2.24, 2.45) is 0 Å². The second-order valence-electron chi connectivity index (χ2n) is 11.2. The fraction of sp³-hybridized carbons (Fsp3) is 0.387. The maximum Gasteiger partial charge on any atom is 0.434 e. The number of alkyl halides is 3. The van der Waals surface area contributed by atoms with Crippen molar-refractivity contribution in [3.05, 3.63) is 63.5 Å². The number of nitrogens with zero attached hydrogens (tertiary/aromatic N) is 5. The molecular formula is C31H37F3N8O3S. The van der Waals surface area contributed by atoms with Crippen LogP contribution in [-0.2, 0) is 12.7 Å². The standard InChI is InChI=1S/C31H37F3N8O3S/c1-6-9-36-30(45)39-26-15-20(29-38-25(18-46-29)31(32,33)34)22(16-37-26)19-7-8-24-21(14-19)27(43)23(17-42(24)13-12-41(4)5)28(44)35-10-11-40(2)3/h7-8,14-18H,6,9-13H2,1-5H3,(H,35,44)(H2,36,37,39,45). The summed E-state index contributed by atoms with van der Waals surface area (Å²) in [5, 5.41) is 9.31. The molecule has 0 saturated heterocycles. The number of nitrogens with one attached hydrogen (secondary N) is 3. The van der Waals surface area contributed by atoms with Gasteiger partial charge in [0.2, 0.25) is 5.43 Å². The van der Waals surface area contributed by atoms with Crippen molar-refractivity contribution in [3.63, 3.8) is 0 Å². The van der Waals surface area contributed by atoms with Crippen LogP contribution in [0.3, 0.4) is 0 Å². The van der Waals surface area contributed by atoms with Gasteiger partial charge in [0, 0.05) is 67.0 Å². The van der Waals surface area contributed by atoms with Gasteiger partial charge < -0.3 is 25.0 Å². The average Bonchev–Trinajstić information content (AvgIpc) is 3.51. The first-order valence-corrected chi connectivity index (χ1v) is 15.5. The number of pyridine rings is 2. The Morgan fingerprint density at radius 1 is 1.00 bits per heavy atom. The predicted molar refractivity (Wildman–Crippen MR) is 174 cm³/mol. The van der Waals surface area contributed by atoms with Gasteiger partial charge in [0.15, 0.2) is 5.69 Å². The molecule has 0 radical (unpaired) electrons. The summed E-state index contributed by atoms with van der Waals surface area (Å²) in [5.41, 5.74) is 0.201. The van der Waals surface area contributed by atoms with Gasteiger partial charge in [-0.1, -0.05) is 13.0 Å². The summed E-state index contributed by atoms with van der Waals surface area (Å²) >= 11 is 0.800. The molecule has 0 aliphatic heterocycles. The van der Waals surface area contributed by atoms with E-state index in [4.69, 9.17) is 0 Å². The highest BCUT2D eigenvalue weighted by atomic mass is 32.1. The number of aromatic nitrogens is 3. The first-order chi connectivity index (χ1) is 21.8. The second kappa shape index (κ2) is 14.8. The molecule has 3 N–H and O–H groups in total. The van der Waals surface area contributed by atoms with Crippen molar-refractivity contribution >= 4 is 40.0 Å². The fourth-order valence-electron chi connectivity index (χ4n) is 4.57. The van der Waals surface area contributed by atoms with E-state index >= 15 is 0 Å². The number of fused-ring (bicyclic) bond motifs is 1. The lowest BCUT2D eigenvalue weighted by atomic mass is 9.99. The van der Waals surface area contributed by atoms with Crippen LogP contribution >= 0.6 is 11.3 Å². The van der Waals surface area contributed by atoms with Gasteiger partial charge in [0.05, 0.1) is 5.52 Å². The monoisotopic (exact) mass is 658 g/mol. The summed E-state index contributed by atoms with van der Waals surface area (Å²) in [7, 11) is 7.59. The molecule has 0 atom stereocenters. The van der Waals surface area contributed by atoms with Crippen LogP contribution in [0.25, 0.3) is 32.6 Å². The number of benzene rings is 1. The fourth-order valence-corrected chi connectivity index (χ4v) is 5.42. The lowest BCUT2D eigenvalue weighted by Gasteiger charge is -2.17. The van der Waals surface area contributed by atoms with E-state index < -0.39 is 29.2 Å². The first kappa shape index (κ1) is 34.5. The third-order valence-electron chi connectivity index (χ3n) is 6.97. The molecule has 1 aromatic carbocycles. The van der Waals surface area contributed by atoms with Crippen LogP contribution in [0.5, 0.6) is 0 Å². The van der Waals surface area contributed by atoms with Gasteiger partial charge >= 0.3 is 12.2 Å². The molecule has 4 rings (SSSR count). The molecule has 3 amide bonds. The lowest BCUT2D eigenvalue weighted by Crippen LogP contribution is -2.34. The van der Waals surface area contributed by atoms with Crippen molar-refractivity contribution in [3.8, 4) is 21.7 Å². The molecule has 46 heavy (non-hydrogen) atoms. The lowest BCUT2D eigenvalue weighted by molar-refractivity contribution is -0.140. The molecule has 0 fully saturated rings. The Hall–Kier alpha value is -4.34. The molecule has 11 nitrogen and oxygen atoms in total. The molecule has 4 aromatic rings. The summed E-state index contributed by atoms with van der Waals surface area (Å²) in [6.45, 7) is 4.39. The molecule has 0 unspecified atom stereocenters. The van der Waals surface area contributed by atoms with Crippen molar-refractivity contribution in [2.75, 3.05) is 59.7 Å². The zero-order valence-corrected chi connectivity index (χ0v) is 27.1. The molecule has 0 aliphatic carbocycles. The summed E-state index contributed by atoms with van der Waals surface area (Å²) in [6, 6.07) is 6.04. The SMILES string of the molecule is CCCNC(=O)Nc1cc(-c2nc(C(F)(F)F)cs2)c(-c2ccc3c(c2)c(=O)c(C(=O)NCCN(C)C)cn3CCN(C)C)cn1. The van der Waals surface area contributed by atoms with E-state index in [-0.39, 0.29) is 27.3 Å². The van der Waals surface area contributed by atoms with Crippen LogP contribution in [-0.4, -0.2) is 90.6 Å². The molecular weight excluding hydrogens is 621 g/mol. The van der Waals surface area contributed by atoms with Crippen LogP contribution in [0.15, 0.2) is 46.8 Å². The van der Waals surface area contributed by atoms with E-state index in [0.717, 1.165) is 16.7 Å². The highest BCUT2D eigenvalue weighted by Crippen LogP contribution is 2.39. The van der Waals surface area contributed by atoms with E-state index in [1.54, 1.807) is 24.4 Å². The maximum atomic E-state index is 13.8. The van der Waals surface area contributed by atoms with Gasteiger partial charge in [0.1, 0.15) is 16.4 Å². The minimum atomic E-state index is -4.65. The summed E-state index contributed by atoms with van der Waals surface area (Å²) in [5.74, 6) is -0.390. The van der Waals surface area contributed by atoms with Gasteiger partial charge in [-0.3, -0.25) is 14.9 Å². The number of halogens is 3. The Balaban J connectivity index is 1.86. The average molecular weight is 659 g/mol. The van der Waals surface area contributed by atoms with E-state index in [0.29, 0.717) is 55.8 Å². The number of hydrogen-bond donors (Lipinski definition) is 3. The van der Waals surface area contributed by atoms with Crippen molar-refractivity contribution in [1.82, 2.24) is 35.0 Å². The van der Waals surface area contributed by atoms with Crippen molar-refractivity contribution in [1.29, 1.82) is 0 Å². The van der Waals surface area contributed by atoms with E-state index in [1.165, 1.54) is 12.3 Å². The Morgan fingerprint density at radius 3 is 2.39 bits per heavy atom. The molecule has 3 aromatic heterocycles. The van der Waals surface area contributed by atoms with E-state index in [2.05, 4.69) is 25.9 Å². The Kier molecular flexibility index (Phi) is 11.1. The molecule has 0 spiro atoms. The quantitative estimate of drug-likeness (QED) is 0.204. The zero-order chi connectivity index (χ0) is 33.6. The van der Waals surface area contributed by atoms with Crippen LogP contribution in [0, 0.1) is 0 Å². The van der Waals surface area contributed by atoms with Gasteiger partial charge in [0.25, 0.3) is 5.91 Å². The third-order valence-corrected chi connectivity index (χ3v) is 7.85. The van der Waals surface area contributed by atoms with Crippen molar-refractivity contribution < 1.29 is 22.8 Å². The molecule has 0 aliphatic rings. The van der Waals surface area contributed by atoms with Gasteiger partial charge in [-0.2, -0.15) is 13.2 Å². The highest BCUT2D eigenvalue weighted by molar-refractivity contribution is 7.13. The van der Waals surface area contributed by atoms with Gasteiger partial charge in [-0.25, -0.2) is 14.8 Å². The number of carbonyl (C=O) groups excluding carboxylic acids is 2. The number of carbonyl (C=O) groups is 2. The number of amides is 3. The molecule has 0 saturated carbocycles. The van der Waals surface area contributed by atoms with Crippen LogP contribution < -0.4 is 21.4 Å². The normalized spacial score (nSPS) is 11.8. The van der Waals surface area contributed by atoms with Crippen LogP contribution in [0.1, 0.15) is 29.4 Å². The molecule has 15 heteroatoms. The van der Waals surface area contributed by atoms with Crippen LogP contribution in [0.4, 0.5) is 23.8 Å². The number of hydrogen-bond acceptors (Lipinski definition) is 8. The van der Waals surface area contributed by atoms with Crippen molar-refractivity contribution in [2.45, 2.75) is 26.1 Å². The molecule has 246 valence electrons. The Bertz CT molecular complexity index is 1770. The minimum absolute atomic E-state index is 0.0205. The zero-order valence-electron chi connectivity index (χ0n) is 26.3. The second-order valence-corrected chi connectivity index (χ2v) is 12.0. The number of rotatable bonds is 12. The highest BCUT2D eigenvalue weighted by Gasteiger charge is 2.34. The number of thiazole rings is 1. The summed E-state index contributed by atoms with van der Waals surface area (Å²) < 4.78 is 42.3. The number of anilines is 1. The minimum Gasteiger partial charge on any atom is -0.351 e. The smallest absolute Gasteiger partial charge is 0.351 e. The van der Waals surface area contributed by atoms with E-state index in [9.17, 15) is 27.6 Å². The number of likely N-dealkylation sites (N-methyl/N-ethyl adjacent to an activating group) is 2. The van der Waals surface area contributed by atoms with Gasteiger partial charge in [-0.15, -0.1) is 11.3 Å². The maximum absolute atomic E-state index is 13.8. The first-order valence-electron chi connectivity index (χ1n) is 14.6. The Labute approximate surface area is 268 Å². The molecule has 0 bridgehead atoms. The third kappa shape index (κ3) is 8.47. The largest absolute Gasteiger partial charge is 0.434 e. The van der Waals surface area contributed by atoms with E-state index in [1.807, 2.05) is 49.5 Å². The predicted octanol–water partition coefficient (Wildman–Crippen LogP) is 4.59. The summed E-state index contributed by atoms with van der Waals surface area (Å²) in [6.07, 6.45) is -0.955. The topological polar surface area (TPSA) is 124 Å². The van der Waals surface area contributed by atoms with Crippen LogP contribution in [0.2, 0.25) is 0 Å². The van der Waals surface area contributed by atoms with Gasteiger partial charge in [-0.05, 0) is 58.4 Å². The number of urea groups is 1.